The highest BCUT2D eigenvalue weighted by Gasteiger charge is 2.31. The third-order valence-corrected chi connectivity index (χ3v) is 4.83. The molecular formula is C17H23N3. The van der Waals surface area contributed by atoms with Gasteiger partial charge in [0.05, 0.1) is 0 Å². The predicted molar refractivity (Wildman–Crippen MR) is 82.8 cm³/mol. The molecule has 0 radical (unpaired) electrons. The van der Waals surface area contributed by atoms with Gasteiger partial charge in [-0.25, -0.2) is 0 Å². The van der Waals surface area contributed by atoms with Gasteiger partial charge in [-0.15, -0.1) is 0 Å². The highest BCUT2D eigenvalue weighted by Crippen LogP contribution is 2.41. The second kappa shape index (κ2) is 5.23. The van der Waals surface area contributed by atoms with Gasteiger partial charge in [0.25, 0.3) is 0 Å². The molecule has 2 heterocycles. The fourth-order valence-electron chi connectivity index (χ4n) is 3.54. The highest BCUT2D eigenvalue weighted by atomic mass is 15.2. The lowest BCUT2D eigenvalue weighted by Crippen LogP contribution is -2.45. The van der Waals surface area contributed by atoms with E-state index < -0.39 is 0 Å². The fraction of sp³-hybridized carbons (Fsp3) is 0.529. The van der Waals surface area contributed by atoms with Crippen LogP contribution in [0.25, 0.3) is 10.9 Å². The SMILES string of the molecule is c1cc([C@H](CC2CC2)N2CCNCC2)c2cc[nH]c2c1. The monoisotopic (exact) mass is 269 g/mol. The summed E-state index contributed by atoms with van der Waals surface area (Å²) in [4.78, 5) is 6.05. The van der Waals surface area contributed by atoms with E-state index in [0.29, 0.717) is 6.04 Å². The van der Waals surface area contributed by atoms with Crippen LogP contribution in [0.4, 0.5) is 0 Å². The second-order valence-electron chi connectivity index (χ2n) is 6.27. The Kier molecular flexibility index (Phi) is 3.25. The summed E-state index contributed by atoms with van der Waals surface area (Å²) in [6, 6.07) is 9.57. The quantitative estimate of drug-likeness (QED) is 0.894. The fourth-order valence-corrected chi connectivity index (χ4v) is 3.54. The topological polar surface area (TPSA) is 31.1 Å². The van der Waals surface area contributed by atoms with Crippen LogP contribution in [0.2, 0.25) is 0 Å². The Balaban J connectivity index is 1.70. The molecule has 3 nitrogen and oxygen atoms in total. The van der Waals surface area contributed by atoms with E-state index in [4.69, 9.17) is 0 Å². The molecule has 0 unspecified atom stereocenters. The largest absolute Gasteiger partial charge is 0.361 e. The first-order valence-electron chi connectivity index (χ1n) is 7.92. The molecule has 1 aromatic carbocycles. The Morgan fingerprint density at radius 2 is 2.00 bits per heavy atom. The molecule has 1 aliphatic heterocycles. The number of piperazine rings is 1. The molecule has 2 aromatic rings. The molecule has 2 fully saturated rings. The molecule has 2 aliphatic rings. The van der Waals surface area contributed by atoms with Crippen LogP contribution in [-0.2, 0) is 0 Å². The van der Waals surface area contributed by atoms with Gasteiger partial charge in [0, 0.05) is 49.3 Å². The third-order valence-electron chi connectivity index (χ3n) is 4.83. The Labute approximate surface area is 120 Å². The Morgan fingerprint density at radius 1 is 1.15 bits per heavy atom. The van der Waals surface area contributed by atoms with Gasteiger partial charge >= 0.3 is 0 Å². The third kappa shape index (κ3) is 2.36. The number of hydrogen-bond donors (Lipinski definition) is 2. The standard InChI is InChI=1S/C17H23N3/c1-2-15(14-6-7-19-16(14)3-1)17(12-13-4-5-13)20-10-8-18-9-11-20/h1-3,6-7,13,17-19H,4-5,8-12H2/t17-/m0/s1. The molecule has 1 saturated carbocycles. The van der Waals surface area contributed by atoms with Gasteiger partial charge in [-0.3, -0.25) is 4.90 Å². The lowest BCUT2D eigenvalue weighted by atomic mass is 9.96. The summed E-state index contributed by atoms with van der Waals surface area (Å²) in [6.07, 6.45) is 6.28. The number of nitrogens with one attached hydrogen (secondary N) is 2. The van der Waals surface area contributed by atoms with Crippen molar-refractivity contribution in [3.63, 3.8) is 0 Å². The summed E-state index contributed by atoms with van der Waals surface area (Å²) in [5, 5.41) is 4.89. The van der Waals surface area contributed by atoms with Gasteiger partial charge in [0.1, 0.15) is 0 Å². The van der Waals surface area contributed by atoms with Crippen molar-refractivity contribution < 1.29 is 0 Å². The molecule has 3 heteroatoms. The second-order valence-corrected chi connectivity index (χ2v) is 6.27. The minimum atomic E-state index is 0.601. The molecule has 4 rings (SSSR count). The van der Waals surface area contributed by atoms with Crippen molar-refractivity contribution in [3.8, 4) is 0 Å². The molecule has 1 aromatic heterocycles. The Hall–Kier alpha value is -1.32. The lowest BCUT2D eigenvalue weighted by molar-refractivity contribution is 0.161. The molecule has 0 amide bonds. The van der Waals surface area contributed by atoms with Gasteiger partial charge in [-0.1, -0.05) is 25.0 Å². The van der Waals surface area contributed by atoms with Crippen LogP contribution in [0.15, 0.2) is 30.5 Å². The van der Waals surface area contributed by atoms with Crippen molar-refractivity contribution in [1.29, 1.82) is 0 Å². The maximum Gasteiger partial charge on any atom is 0.0457 e. The zero-order valence-corrected chi connectivity index (χ0v) is 11.9. The van der Waals surface area contributed by atoms with Gasteiger partial charge < -0.3 is 10.3 Å². The molecule has 20 heavy (non-hydrogen) atoms. The van der Waals surface area contributed by atoms with E-state index >= 15 is 0 Å². The van der Waals surface area contributed by atoms with E-state index in [1.807, 2.05) is 0 Å². The summed E-state index contributed by atoms with van der Waals surface area (Å²) in [5.74, 6) is 0.962. The van der Waals surface area contributed by atoms with Crippen LogP contribution in [-0.4, -0.2) is 36.1 Å². The number of benzene rings is 1. The van der Waals surface area contributed by atoms with Crippen molar-refractivity contribution in [1.82, 2.24) is 15.2 Å². The number of fused-ring (bicyclic) bond motifs is 1. The van der Waals surface area contributed by atoms with E-state index in [1.165, 1.54) is 48.8 Å². The predicted octanol–water partition coefficient (Wildman–Crippen LogP) is 2.91. The Bertz CT molecular complexity index is 579. The maximum atomic E-state index is 3.47. The zero-order valence-electron chi connectivity index (χ0n) is 11.9. The normalized spacial score (nSPS) is 22.2. The number of aromatic amines is 1. The maximum absolute atomic E-state index is 3.47. The molecule has 0 bridgehead atoms. The average Bonchev–Trinajstić information content (AvgIpc) is 3.19. The summed E-state index contributed by atoms with van der Waals surface area (Å²) >= 11 is 0. The minimum Gasteiger partial charge on any atom is -0.361 e. The van der Waals surface area contributed by atoms with Crippen LogP contribution >= 0.6 is 0 Å². The van der Waals surface area contributed by atoms with Crippen molar-refractivity contribution in [3.05, 3.63) is 36.0 Å². The summed E-state index contributed by atoms with van der Waals surface area (Å²) < 4.78 is 0. The van der Waals surface area contributed by atoms with Crippen molar-refractivity contribution in [2.75, 3.05) is 26.2 Å². The molecule has 1 aliphatic carbocycles. The molecule has 1 atom stereocenters. The van der Waals surface area contributed by atoms with E-state index in [1.54, 1.807) is 0 Å². The highest BCUT2D eigenvalue weighted by molar-refractivity contribution is 5.83. The van der Waals surface area contributed by atoms with Gasteiger partial charge in [0.2, 0.25) is 0 Å². The smallest absolute Gasteiger partial charge is 0.0457 e. The van der Waals surface area contributed by atoms with Crippen LogP contribution in [0.1, 0.15) is 30.9 Å². The van der Waals surface area contributed by atoms with Gasteiger partial charge in [-0.05, 0) is 30.0 Å². The first kappa shape index (κ1) is 12.4. The molecule has 0 spiro atoms. The number of hydrogen-bond acceptors (Lipinski definition) is 2. The molecule has 2 N–H and O–H groups in total. The van der Waals surface area contributed by atoms with E-state index in [9.17, 15) is 0 Å². The summed E-state index contributed by atoms with van der Waals surface area (Å²) in [7, 11) is 0. The Morgan fingerprint density at radius 3 is 2.80 bits per heavy atom. The first-order valence-corrected chi connectivity index (χ1v) is 7.92. The van der Waals surface area contributed by atoms with Crippen LogP contribution in [0, 0.1) is 5.92 Å². The number of rotatable bonds is 4. The molecule has 106 valence electrons. The van der Waals surface area contributed by atoms with Crippen LogP contribution in [0.3, 0.4) is 0 Å². The molecule has 1 saturated heterocycles. The van der Waals surface area contributed by atoms with Crippen molar-refractivity contribution >= 4 is 10.9 Å². The molecular weight excluding hydrogens is 246 g/mol. The lowest BCUT2D eigenvalue weighted by Gasteiger charge is -2.35. The first-order chi connectivity index (χ1) is 9.92. The minimum absolute atomic E-state index is 0.601. The van der Waals surface area contributed by atoms with Gasteiger partial charge in [0.15, 0.2) is 0 Å². The summed E-state index contributed by atoms with van der Waals surface area (Å²) in [6.45, 7) is 4.62. The van der Waals surface area contributed by atoms with E-state index in [0.717, 1.165) is 19.0 Å². The number of nitrogens with zero attached hydrogens (tertiary/aromatic N) is 1. The number of aromatic nitrogens is 1. The zero-order chi connectivity index (χ0) is 13.4. The summed E-state index contributed by atoms with van der Waals surface area (Å²) in [5.41, 5.74) is 2.80. The van der Waals surface area contributed by atoms with Gasteiger partial charge in [-0.2, -0.15) is 0 Å². The van der Waals surface area contributed by atoms with Crippen LogP contribution < -0.4 is 5.32 Å². The van der Waals surface area contributed by atoms with Crippen molar-refractivity contribution in [2.45, 2.75) is 25.3 Å². The average molecular weight is 269 g/mol. The van der Waals surface area contributed by atoms with Crippen molar-refractivity contribution in [2.24, 2.45) is 5.92 Å². The number of H-pyrrole nitrogens is 1. The van der Waals surface area contributed by atoms with Crippen LogP contribution in [0.5, 0.6) is 0 Å². The van der Waals surface area contributed by atoms with E-state index in [2.05, 4.69) is 45.7 Å². The van der Waals surface area contributed by atoms with E-state index in [-0.39, 0.29) is 0 Å².